The predicted molar refractivity (Wildman–Crippen MR) is 95.6 cm³/mol. The Kier molecular flexibility index (Phi) is 6.03. The van der Waals surface area contributed by atoms with Crippen molar-refractivity contribution in [2.45, 2.75) is 18.7 Å². The van der Waals surface area contributed by atoms with Crippen LogP contribution in [-0.4, -0.2) is 34.6 Å². The highest BCUT2D eigenvalue weighted by atomic mass is 32.2. The summed E-state index contributed by atoms with van der Waals surface area (Å²) in [5.41, 5.74) is 0.856. The molecule has 0 saturated carbocycles. The van der Waals surface area contributed by atoms with Gasteiger partial charge in [-0.1, -0.05) is 0 Å². The van der Waals surface area contributed by atoms with Gasteiger partial charge in [-0.05, 0) is 62.4 Å². The molecule has 0 radical (unpaired) electrons. The second kappa shape index (κ2) is 8.02. The van der Waals surface area contributed by atoms with E-state index in [9.17, 15) is 13.2 Å². The van der Waals surface area contributed by atoms with Gasteiger partial charge in [0.05, 0.1) is 29.9 Å². The zero-order valence-electron chi connectivity index (χ0n) is 14.4. The van der Waals surface area contributed by atoms with Crippen LogP contribution in [0.1, 0.15) is 24.2 Å². The van der Waals surface area contributed by atoms with Crippen LogP contribution in [0.15, 0.2) is 53.4 Å². The maximum absolute atomic E-state index is 12.9. The van der Waals surface area contributed by atoms with Crippen LogP contribution in [0.25, 0.3) is 0 Å². The lowest BCUT2D eigenvalue weighted by atomic mass is 10.2. The fraction of sp³-hybridized carbons (Fsp3) is 0.278. The zero-order valence-corrected chi connectivity index (χ0v) is 15.2. The molecule has 0 aliphatic heterocycles. The molecule has 134 valence electrons. The van der Waals surface area contributed by atoms with Crippen molar-refractivity contribution in [1.82, 2.24) is 0 Å². The molecule has 0 amide bonds. The normalized spacial score (nSPS) is 11.0. The summed E-state index contributed by atoms with van der Waals surface area (Å²) in [5, 5.41) is 0. The molecule has 7 heteroatoms. The monoisotopic (exact) mass is 363 g/mol. The van der Waals surface area contributed by atoms with Gasteiger partial charge in [-0.3, -0.25) is 4.31 Å². The number of hydrogen-bond acceptors (Lipinski definition) is 5. The molecule has 0 unspecified atom stereocenters. The fourth-order valence-electron chi connectivity index (χ4n) is 2.34. The number of esters is 1. The van der Waals surface area contributed by atoms with Crippen LogP contribution in [0.5, 0.6) is 5.75 Å². The van der Waals surface area contributed by atoms with E-state index in [-0.39, 0.29) is 18.0 Å². The molecule has 6 nitrogen and oxygen atoms in total. The van der Waals surface area contributed by atoms with Crippen molar-refractivity contribution in [3.8, 4) is 5.75 Å². The number of sulfonamides is 1. The minimum Gasteiger partial charge on any atom is -0.497 e. The molecule has 0 aliphatic carbocycles. The first-order valence-corrected chi connectivity index (χ1v) is 9.32. The Morgan fingerprint density at radius 2 is 1.60 bits per heavy atom. The average molecular weight is 363 g/mol. The third-order valence-electron chi connectivity index (χ3n) is 3.60. The van der Waals surface area contributed by atoms with Crippen molar-refractivity contribution in [1.29, 1.82) is 0 Å². The van der Waals surface area contributed by atoms with Gasteiger partial charge in [0, 0.05) is 6.54 Å². The van der Waals surface area contributed by atoms with E-state index >= 15 is 0 Å². The van der Waals surface area contributed by atoms with Crippen LogP contribution >= 0.6 is 0 Å². The smallest absolute Gasteiger partial charge is 0.338 e. The minimum absolute atomic E-state index is 0.171. The standard InChI is InChI=1S/C18H21NO5S/c1-4-19(15-8-6-14(7-9-15)18(20)24-5-2)25(21,22)17-12-10-16(23-3)11-13-17/h6-13H,4-5H2,1-3H3. The summed E-state index contributed by atoms with van der Waals surface area (Å²) in [4.78, 5) is 11.9. The van der Waals surface area contributed by atoms with Crippen LogP contribution in [-0.2, 0) is 14.8 Å². The van der Waals surface area contributed by atoms with Crippen molar-refractivity contribution in [3.05, 3.63) is 54.1 Å². The van der Waals surface area contributed by atoms with Crippen LogP contribution in [0.2, 0.25) is 0 Å². The number of benzene rings is 2. The lowest BCUT2D eigenvalue weighted by Crippen LogP contribution is -2.30. The number of ether oxygens (including phenoxy) is 2. The molecule has 25 heavy (non-hydrogen) atoms. The summed E-state index contributed by atoms with van der Waals surface area (Å²) in [6.07, 6.45) is 0. The van der Waals surface area contributed by atoms with Gasteiger partial charge in [-0.2, -0.15) is 0 Å². The lowest BCUT2D eigenvalue weighted by Gasteiger charge is -2.23. The molecule has 0 atom stereocenters. The Balaban J connectivity index is 2.32. The largest absolute Gasteiger partial charge is 0.497 e. The molecule has 0 aromatic heterocycles. The number of nitrogens with zero attached hydrogens (tertiary/aromatic N) is 1. The van der Waals surface area contributed by atoms with Crippen molar-refractivity contribution < 1.29 is 22.7 Å². The zero-order chi connectivity index (χ0) is 18.4. The van der Waals surface area contributed by atoms with E-state index in [1.807, 2.05) is 0 Å². The summed E-state index contributed by atoms with van der Waals surface area (Å²) >= 11 is 0. The second-order valence-electron chi connectivity index (χ2n) is 5.11. The first-order valence-electron chi connectivity index (χ1n) is 7.88. The number of carbonyl (C=O) groups excluding carboxylic acids is 1. The highest BCUT2D eigenvalue weighted by Gasteiger charge is 2.23. The Hall–Kier alpha value is -2.54. The Bertz CT molecular complexity index is 814. The number of carbonyl (C=O) groups is 1. The number of anilines is 1. The van der Waals surface area contributed by atoms with E-state index in [0.29, 0.717) is 17.0 Å². The third-order valence-corrected chi connectivity index (χ3v) is 5.52. The van der Waals surface area contributed by atoms with Crippen molar-refractivity contribution in [2.75, 3.05) is 24.6 Å². The van der Waals surface area contributed by atoms with Crippen molar-refractivity contribution in [2.24, 2.45) is 0 Å². The molecular formula is C18H21NO5S. The van der Waals surface area contributed by atoms with E-state index in [0.717, 1.165) is 0 Å². The molecule has 2 aromatic carbocycles. The van der Waals surface area contributed by atoms with Crippen LogP contribution in [0.4, 0.5) is 5.69 Å². The van der Waals surface area contributed by atoms with Gasteiger partial charge < -0.3 is 9.47 Å². The fourth-order valence-corrected chi connectivity index (χ4v) is 3.82. The van der Waals surface area contributed by atoms with Gasteiger partial charge >= 0.3 is 5.97 Å². The third kappa shape index (κ3) is 4.11. The van der Waals surface area contributed by atoms with Crippen LogP contribution < -0.4 is 9.04 Å². The van der Waals surface area contributed by atoms with Crippen molar-refractivity contribution >= 4 is 21.7 Å². The molecular weight excluding hydrogens is 342 g/mol. The average Bonchev–Trinajstić information content (AvgIpc) is 2.63. The van der Waals surface area contributed by atoms with E-state index in [1.54, 1.807) is 50.2 Å². The van der Waals surface area contributed by atoms with Crippen molar-refractivity contribution in [3.63, 3.8) is 0 Å². The molecule has 0 N–H and O–H groups in total. The Morgan fingerprint density at radius 3 is 2.08 bits per heavy atom. The van der Waals surface area contributed by atoms with Gasteiger partial charge in [-0.25, -0.2) is 13.2 Å². The summed E-state index contributed by atoms with van der Waals surface area (Å²) in [5.74, 6) is 0.149. The SMILES string of the molecule is CCOC(=O)c1ccc(N(CC)S(=O)(=O)c2ccc(OC)cc2)cc1. The molecule has 2 rings (SSSR count). The van der Waals surface area contributed by atoms with Gasteiger partial charge in [0.15, 0.2) is 0 Å². The molecule has 0 bridgehead atoms. The van der Waals surface area contributed by atoms with Gasteiger partial charge in [0.2, 0.25) is 0 Å². The Labute approximate surface area is 148 Å². The summed E-state index contributed by atoms with van der Waals surface area (Å²) in [6, 6.07) is 12.5. The molecule has 2 aromatic rings. The summed E-state index contributed by atoms with van der Waals surface area (Å²) in [6.45, 7) is 4.02. The predicted octanol–water partition coefficient (Wildman–Crippen LogP) is 3.09. The van der Waals surface area contributed by atoms with E-state index < -0.39 is 16.0 Å². The maximum Gasteiger partial charge on any atom is 0.338 e. The van der Waals surface area contributed by atoms with Gasteiger partial charge in [0.25, 0.3) is 10.0 Å². The quantitative estimate of drug-likeness (QED) is 0.707. The second-order valence-corrected chi connectivity index (χ2v) is 6.97. The lowest BCUT2D eigenvalue weighted by molar-refractivity contribution is 0.0526. The first-order chi connectivity index (χ1) is 11.9. The number of rotatable bonds is 7. The van der Waals surface area contributed by atoms with Gasteiger partial charge in [0.1, 0.15) is 5.75 Å². The molecule has 0 fully saturated rings. The topological polar surface area (TPSA) is 72.9 Å². The van der Waals surface area contributed by atoms with E-state index in [4.69, 9.17) is 9.47 Å². The van der Waals surface area contributed by atoms with E-state index in [1.165, 1.54) is 23.5 Å². The first kappa shape index (κ1) is 18.8. The van der Waals surface area contributed by atoms with Gasteiger partial charge in [-0.15, -0.1) is 0 Å². The summed E-state index contributed by atoms with van der Waals surface area (Å²) < 4.78 is 37.0. The molecule has 0 spiro atoms. The van der Waals surface area contributed by atoms with Crippen LogP contribution in [0.3, 0.4) is 0 Å². The highest BCUT2D eigenvalue weighted by Crippen LogP contribution is 2.25. The Morgan fingerprint density at radius 1 is 1.00 bits per heavy atom. The number of hydrogen-bond donors (Lipinski definition) is 0. The highest BCUT2D eigenvalue weighted by molar-refractivity contribution is 7.92. The summed E-state index contributed by atoms with van der Waals surface area (Å²) in [7, 11) is -2.19. The van der Waals surface area contributed by atoms with E-state index in [2.05, 4.69) is 0 Å². The number of methoxy groups -OCH3 is 1. The van der Waals surface area contributed by atoms with Crippen LogP contribution in [0, 0.1) is 0 Å². The maximum atomic E-state index is 12.9. The molecule has 0 aliphatic rings. The molecule has 0 heterocycles. The molecule has 0 saturated heterocycles. The minimum atomic E-state index is -3.71.